The average molecular weight is 214 g/mol. The summed E-state index contributed by atoms with van der Waals surface area (Å²) in [5.74, 6) is -0.738. The number of hydrogen-bond donors (Lipinski definition) is 0. The third kappa shape index (κ3) is 1.94. The Morgan fingerprint density at radius 2 is 1.82 bits per heavy atom. The molecule has 0 spiro atoms. The SMILES string of the molecule is O=NC(=O)c1ccc(Br)cc1. The summed E-state index contributed by atoms with van der Waals surface area (Å²) in [7, 11) is 0. The van der Waals surface area contributed by atoms with Crippen LogP contribution in [0, 0.1) is 4.91 Å². The van der Waals surface area contributed by atoms with E-state index in [0.29, 0.717) is 5.56 Å². The highest BCUT2D eigenvalue weighted by molar-refractivity contribution is 9.10. The van der Waals surface area contributed by atoms with Crippen LogP contribution in [0.15, 0.2) is 33.9 Å². The van der Waals surface area contributed by atoms with Gasteiger partial charge in [-0.05, 0) is 24.3 Å². The van der Waals surface area contributed by atoms with Gasteiger partial charge in [-0.3, -0.25) is 4.79 Å². The summed E-state index contributed by atoms with van der Waals surface area (Å²) in [6.45, 7) is 0. The first-order chi connectivity index (χ1) is 5.24. The molecule has 0 heterocycles. The molecule has 0 aromatic heterocycles. The van der Waals surface area contributed by atoms with Gasteiger partial charge in [0.1, 0.15) is 0 Å². The van der Waals surface area contributed by atoms with Crippen LogP contribution in [0.25, 0.3) is 0 Å². The van der Waals surface area contributed by atoms with E-state index in [4.69, 9.17) is 0 Å². The maximum absolute atomic E-state index is 10.6. The Labute approximate surface area is 71.5 Å². The first-order valence-electron chi connectivity index (χ1n) is 2.87. The number of amides is 1. The molecule has 1 amide bonds. The van der Waals surface area contributed by atoms with Gasteiger partial charge in [0.25, 0.3) is 0 Å². The second kappa shape index (κ2) is 3.39. The van der Waals surface area contributed by atoms with Crippen molar-refractivity contribution in [2.45, 2.75) is 0 Å². The van der Waals surface area contributed by atoms with E-state index < -0.39 is 5.91 Å². The standard InChI is InChI=1S/C7H4BrNO2/c8-6-3-1-5(2-4-6)7(10)9-11/h1-4H. The summed E-state index contributed by atoms with van der Waals surface area (Å²) in [5, 5.41) is 2.28. The number of rotatable bonds is 1. The fourth-order valence-electron chi connectivity index (χ4n) is 0.645. The number of carbonyl (C=O) groups excluding carboxylic acids is 1. The Morgan fingerprint density at radius 3 is 2.27 bits per heavy atom. The van der Waals surface area contributed by atoms with Crippen LogP contribution in [-0.4, -0.2) is 5.91 Å². The number of carbonyl (C=O) groups is 1. The van der Waals surface area contributed by atoms with E-state index in [-0.39, 0.29) is 0 Å². The molecule has 0 aliphatic carbocycles. The molecule has 1 aromatic rings. The lowest BCUT2D eigenvalue weighted by molar-refractivity contribution is 0.100. The average Bonchev–Trinajstić information content (AvgIpc) is 2.05. The summed E-state index contributed by atoms with van der Waals surface area (Å²) in [5.41, 5.74) is 0.309. The number of halogens is 1. The quantitative estimate of drug-likeness (QED) is 0.673. The van der Waals surface area contributed by atoms with Crippen molar-refractivity contribution in [2.24, 2.45) is 5.18 Å². The first kappa shape index (κ1) is 8.07. The summed E-state index contributed by atoms with van der Waals surface area (Å²) >= 11 is 3.20. The number of nitrogens with zero attached hydrogens (tertiary/aromatic N) is 1. The molecule has 0 bridgehead atoms. The highest BCUT2D eigenvalue weighted by atomic mass is 79.9. The largest absolute Gasteiger partial charge is 0.316 e. The molecule has 4 heteroatoms. The molecular weight excluding hydrogens is 210 g/mol. The van der Waals surface area contributed by atoms with E-state index in [1.807, 2.05) is 0 Å². The molecule has 0 N–H and O–H groups in total. The molecule has 0 atom stereocenters. The van der Waals surface area contributed by atoms with Crippen molar-refractivity contribution < 1.29 is 4.79 Å². The van der Waals surface area contributed by atoms with Crippen LogP contribution < -0.4 is 0 Å². The maximum Gasteiger partial charge on any atom is 0.316 e. The van der Waals surface area contributed by atoms with Crippen LogP contribution >= 0.6 is 15.9 Å². The lowest BCUT2D eigenvalue weighted by atomic mass is 10.2. The van der Waals surface area contributed by atoms with Gasteiger partial charge in [-0.2, -0.15) is 0 Å². The van der Waals surface area contributed by atoms with Gasteiger partial charge >= 0.3 is 5.91 Å². The van der Waals surface area contributed by atoms with Crippen LogP contribution in [0.2, 0.25) is 0 Å². The molecule has 1 aromatic carbocycles. The monoisotopic (exact) mass is 213 g/mol. The van der Waals surface area contributed by atoms with Crippen LogP contribution in [0.4, 0.5) is 0 Å². The smallest absolute Gasteiger partial charge is 0.263 e. The molecule has 56 valence electrons. The minimum atomic E-state index is -0.738. The van der Waals surface area contributed by atoms with Crippen molar-refractivity contribution >= 4 is 21.8 Å². The zero-order valence-corrected chi connectivity index (χ0v) is 7.04. The van der Waals surface area contributed by atoms with Crippen molar-refractivity contribution in [3.63, 3.8) is 0 Å². The van der Waals surface area contributed by atoms with Gasteiger partial charge in [-0.15, -0.1) is 4.91 Å². The van der Waals surface area contributed by atoms with Crippen molar-refractivity contribution in [3.05, 3.63) is 39.2 Å². The van der Waals surface area contributed by atoms with Gasteiger partial charge < -0.3 is 0 Å². The lowest BCUT2D eigenvalue weighted by Crippen LogP contribution is -1.91. The van der Waals surface area contributed by atoms with Crippen LogP contribution in [0.5, 0.6) is 0 Å². The van der Waals surface area contributed by atoms with E-state index in [0.717, 1.165) is 4.47 Å². The summed E-state index contributed by atoms with van der Waals surface area (Å²) in [6, 6.07) is 6.43. The molecule has 0 unspecified atom stereocenters. The molecule has 0 fully saturated rings. The lowest BCUT2D eigenvalue weighted by Gasteiger charge is -1.91. The minimum absolute atomic E-state index is 0.309. The van der Waals surface area contributed by atoms with Crippen LogP contribution in [0.1, 0.15) is 10.4 Å². The summed E-state index contributed by atoms with van der Waals surface area (Å²) in [6.07, 6.45) is 0. The Hall–Kier alpha value is -1.03. The van der Waals surface area contributed by atoms with E-state index in [1.54, 1.807) is 12.1 Å². The van der Waals surface area contributed by atoms with Gasteiger partial charge in [0.05, 0.1) is 0 Å². The molecule has 1 rings (SSSR count). The summed E-state index contributed by atoms with van der Waals surface area (Å²) in [4.78, 5) is 20.4. The van der Waals surface area contributed by atoms with Crippen LogP contribution in [0.3, 0.4) is 0 Å². The Morgan fingerprint density at radius 1 is 1.27 bits per heavy atom. The fourth-order valence-corrected chi connectivity index (χ4v) is 0.910. The first-order valence-corrected chi connectivity index (χ1v) is 3.66. The molecular formula is C7H4BrNO2. The zero-order chi connectivity index (χ0) is 8.27. The number of benzene rings is 1. The van der Waals surface area contributed by atoms with Gasteiger partial charge in [0.15, 0.2) is 0 Å². The topological polar surface area (TPSA) is 46.5 Å². The van der Waals surface area contributed by atoms with E-state index >= 15 is 0 Å². The van der Waals surface area contributed by atoms with Gasteiger partial charge in [-0.1, -0.05) is 15.9 Å². The minimum Gasteiger partial charge on any atom is -0.263 e. The Kier molecular flexibility index (Phi) is 2.48. The molecule has 0 radical (unpaired) electrons. The number of nitroso groups, excluding NO2 is 1. The van der Waals surface area contributed by atoms with Gasteiger partial charge in [0, 0.05) is 15.2 Å². The zero-order valence-electron chi connectivity index (χ0n) is 5.45. The maximum atomic E-state index is 10.6. The van der Waals surface area contributed by atoms with Gasteiger partial charge in [-0.25, -0.2) is 0 Å². The highest BCUT2D eigenvalue weighted by Crippen LogP contribution is 2.10. The van der Waals surface area contributed by atoms with E-state index in [9.17, 15) is 9.70 Å². The molecule has 0 aliphatic heterocycles. The van der Waals surface area contributed by atoms with Crippen molar-refractivity contribution in [1.29, 1.82) is 0 Å². The fraction of sp³-hybridized carbons (Fsp3) is 0. The molecule has 0 saturated heterocycles. The van der Waals surface area contributed by atoms with E-state index in [1.165, 1.54) is 12.1 Å². The highest BCUT2D eigenvalue weighted by Gasteiger charge is 2.02. The van der Waals surface area contributed by atoms with Gasteiger partial charge in [0.2, 0.25) is 0 Å². The third-order valence-corrected chi connectivity index (χ3v) is 1.70. The molecule has 0 saturated carbocycles. The second-order valence-electron chi connectivity index (χ2n) is 1.90. The normalized spacial score (nSPS) is 9.18. The van der Waals surface area contributed by atoms with Crippen LogP contribution in [-0.2, 0) is 0 Å². The third-order valence-electron chi connectivity index (χ3n) is 1.17. The summed E-state index contributed by atoms with van der Waals surface area (Å²) < 4.78 is 0.861. The van der Waals surface area contributed by atoms with Crippen molar-refractivity contribution in [2.75, 3.05) is 0 Å². The molecule has 3 nitrogen and oxygen atoms in total. The van der Waals surface area contributed by atoms with Crippen molar-refractivity contribution in [1.82, 2.24) is 0 Å². The predicted molar refractivity (Wildman–Crippen MR) is 44.3 cm³/mol. The molecule has 0 aliphatic rings. The number of hydrogen-bond acceptors (Lipinski definition) is 2. The van der Waals surface area contributed by atoms with Crippen molar-refractivity contribution in [3.8, 4) is 0 Å². The molecule has 11 heavy (non-hydrogen) atoms. The second-order valence-corrected chi connectivity index (χ2v) is 2.82. The predicted octanol–water partition coefficient (Wildman–Crippen LogP) is 2.36. The Bertz CT molecular complexity index is 281. The Balaban J connectivity index is 2.98. The van der Waals surface area contributed by atoms with E-state index in [2.05, 4.69) is 21.1 Å².